The number of nitrogens with one attached hydrogen (secondary N) is 2. The SMILES string of the molecule is CC1NC(=O)CCC1Nc1ccnc(C(N)=O)c1. The van der Waals surface area contributed by atoms with Gasteiger partial charge in [0, 0.05) is 30.4 Å². The standard InChI is InChI=1S/C12H16N4O2/c1-7-9(2-3-11(17)15-7)16-8-4-5-14-10(6-8)12(13)18/h4-7,9H,2-3H2,1H3,(H2,13,18)(H,14,16)(H,15,17). The fraction of sp³-hybridized carbons (Fsp3) is 0.417. The summed E-state index contributed by atoms with van der Waals surface area (Å²) in [5.74, 6) is -0.475. The van der Waals surface area contributed by atoms with Crippen LogP contribution >= 0.6 is 0 Å². The molecule has 0 saturated carbocycles. The lowest BCUT2D eigenvalue weighted by Gasteiger charge is -2.31. The van der Waals surface area contributed by atoms with E-state index < -0.39 is 5.91 Å². The lowest BCUT2D eigenvalue weighted by Crippen LogP contribution is -2.49. The molecular weight excluding hydrogens is 232 g/mol. The number of aromatic nitrogens is 1. The van der Waals surface area contributed by atoms with Crippen molar-refractivity contribution < 1.29 is 9.59 Å². The summed E-state index contributed by atoms with van der Waals surface area (Å²) in [4.78, 5) is 26.1. The molecule has 1 aromatic rings. The van der Waals surface area contributed by atoms with Crippen LogP contribution in [0.3, 0.4) is 0 Å². The van der Waals surface area contributed by atoms with Crippen LogP contribution in [0.2, 0.25) is 0 Å². The van der Waals surface area contributed by atoms with Gasteiger partial charge in [0.1, 0.15) is 5.69 Å². The molecule has 0 aliphatic carbocycles. The molecule has 0 bridgehead atoms. The van der Waals surface area contributed by atoms with Crippen LogP contribution in [0.1, 0.15) is 30.3 Å². The number of hydrogen-bond acceptors (Lipinski definition) is 4. The van der Waals surface area contributed by atoms with E-state index in [4.69, 9.17) is 5.73 Å². The van der Waals surface area contributed by atoms with Crippen LogP contribution in [0.25, 0.3) is 0 Å². The molecule has 1 aliphatic rings. The summed E-state index contributed by atoms with van der Waals surface area (Å²) in [6.45, 7) is 1.95. The van der Waals surface area contributed by atoms with Crippen LogP contribution in [0.5, 0.6) is 0 Å². The Labute approximate surface area is 105 Å². The Kier molecular flexibility index (Phi) is 3.45. The summed E-state index contributed by atoms with van der Waals surface area (Å²) in [6, 6.07) is 3.59. The van der Waals surface area contributed by atoms with Gasteiger partial charge in [0.05, 0.1) is 0 Å². The van der Waals surface area contributed by atoms with Gasteiger partial charge in [-0.05, 0) is 25.5 Å². The van der Waals surface area contributed by atoms with Crippen molar-refractivity contribution in [2.75, 3.05) is 5.32 Å². The fourth-order valence-corrected chi connectivity index (χ4v) is 2.03. The number of piperidine rings is 1. The molecule has 4 N–H and O–H groups in total. The highest BCUT2D eigenvalue weighted by atomic mass is 16.2. The lowest BCUT2D eigenvalue weighted by molar-refractivity contribution is -0.123. The Hall–Kier alpha value is -2.11. The quantitative estimate of drug-likeness (QED) is 0.714. The van der Waals surface area contributed by atoms with Crippen LogP contribution in [-0.4, -0.2) is 28.9 Å². The van der Waals surface area contributed by atoms with Crippen molar-refractivity contribution in [3.63, 3.8) is 0 Å². The lowest BCUT2D eigenvalue weighted by atomic mass is 9.99. The predicted molar refractivity (Wildman–Crippen MR) is 67.0 cm³/mol. The zero-order valence-electron chi connectivity index (χ0n) is 10.1. The molecule has 0 aromatic carbocycles. The third-order valence-electron chi connectivity index (χ3n) is 3.04. The maximum atomic E-state index is 11.2. The molecule has 2 heterocycles. The van der Waals surface area contributed by atoms with E-state index >= 15 is 0 Å². The summed E-state index contributed by atoms with van der Waals surface area (Å²) in [7, 11) is 0. The molecule has 96 valence electrons. The molecule has 0 radical (unpaired) electrons. The molecule has 18 heavy (non-hydrogen) atoms. The van der Waals surface area contributed by atoms with Gasteiger partial charge in [0.15, 0.2) is 0 Å². The topological polar surface area (TPSA) is 97.1 Å². The number of carbonyl (C=O) groups is 2. The predicted octanol–water partition coefficient (Wildman–Crippen LogP) is 0.260. The molecule has 2 rings (SSSR count). The van der Waals surface area contributed by atoms with Crippen molar-refractivity contribution in [1.82, 2.24) is 10.3 Å². The molecule has 6 heteroatoms. The van der Waals surface area contributed by atoms with Crippen molar-refractivity contribution in [3.8, 4) is 0 Å². The molecule has 1 aliphatic heterocycles. The summed E-state index contributed by atoms with van der Waals surface area (Å²) in [6.07, 6.45) is 2.81. The third-order valence-corrected chi connectivity index (χ3v) is 3.04. The Morgan fingerprint density at radius 3 is 3.06 bits per heavy atom. The zero-order chi connectivity index (χ0) is 13.1. The third kappa shape index (κ3) is 2.77. The normalized spacial score (nSPS) is 23.3. The van der Waals surface area contributed by atoms with Crippen LogP contribution in [0.4, 0.5) is 5.69 Å². The van der Waals surface area contributed by atoms with Gasteiger partial charge in [-0.25, -0.2) is 0 Å². The summed E-state index contributed by atoms with van der Waals surface area (Å²) in [5, 5.41) is 6.16. The number of pyridine rings is 1. The molecule has 6 nitrogen and oxygen atoms in total. The molecular formula is C12H16N4O2. The van der Waals surface area contributed by atoms with E-state index in [1.807, 2.05) is 6.92 Å². The van der Waals surface area contributed by atoms with Crippen LogP contribution in [-0.2, 0) is 4.79 Å². The number of carbonyl (C=O) groups excluding carboxylic acids is 2. The van der Waals surface area contributed by atoms with E-state index in [1.54, 1.807) is 12.1 Å². The Bertz CT molecular complexity index is 475. The first kappa shape index (κ1) is 12.3. The van der Waals surface area contributed by atoms with Gasteiger partial charge in [0.2, 0.25) is 5.91 Å². The van der Waals surface area contributed by atoms with Gasteiger partial charge >= 0.3 is 0 Å². The van der Waals surface area contributed by atoms with Crippen LogP contribution in [0.15, 0.2) is 18.3 Å². The molecule has 1 saturated heterocycles. The van der Waals surface area contributed by atoms with E-state index in [0.29, 0.717) is 6.42 Å². The van der Waals surface area contributed by atoms with Crippen molar-refractivity contribution in [2.45, 2.75) is 31.8 Å². The number of nitrogens with two attached hydrogens (primary N) is 1. The van der Waals surface area contributed by atoms with E-state index in [-0.39, 0.29) is 23.7 Å². The van der Waals surface area contributed by atoms with E-state index in [1.165, 1.54) is 6.20 Å². The Morgan fingerprint density at radius 1 is 1.61 bits per heavy atom. The van der Waals surface area contributed by atoms with Crippen molar-refractivity contribution >= 4 is 17.5 Å². The minimum Gasteiger partial charge on any atom is -0.380 e. The highest BCUT2D eigenvalue weighted by molar-refractivity contribution is 5.91. The van der Waals surface area contributed by atoms with Gasteiger partial charge < -0.3 is 16.4 Å². The average Bonchev–Trinajstić information content (AvgIpc) is 2.33. The fourth-order valence-electron chi connectivity index (χ4n) is 2.03. The number of anilines is 1. The van der Waals surface area contributed by atoms with Crippen LogP contribution < -0.4 is 16.4 Å². The number of rotatable bonds is 3. The highest BCUT2D eigenvalue weighted by Crippen LogP contribution is 2.16. The van der Waals surface area contributed by atoms with Gasteiger partial charge in [-0.3, -0.25) is 14.6 Å². The second-order valence-corrected chi connectivity index (χ2v) is 4.44. The Balaban J connectivity index is 2.07. The second-order valence-electron chi connectivity index (χ2n) is 4.44. The first-order valence-corrected chi connectivity index (χ1v) is 5.88. The van der Waals surface area contributed by atoms with Gasteiger partial charge in [-0.1, -0.05) is 0 Å². The number of nitrogens with zero attached hydrogens (tertiary/aromatic N) is 1. The van der Waals surface area contributed by atoms with Gasteiger partial charge in [-0.15, -0.1) is 0 Å². The smallest absolute Gasteiger partial charge is 0.267 e. The molecule has 0 spiro atoms. The largest absolute Gasteiger partial charge is 0.380 e. The summed E-state index contributed by atoms with van der Waals surface area (Å²) in [5.41, 5.74) is 6.19. The maximum absolute atomic E-state index is 11.2. The minimum atomic E-state index is -0.552. The van der Waals surface area contributed by atoms with E-state index in [0.717, 1.165) is 12.1 Å². The van der Waals surface area contributed by atoms with Gasteiger partial charge in [0.25, 0.3) is 5.91 Å². The Morgan fingerprint density at radius 2 is 2.39 bits per heavy atom. The first-order chi connectivity index (χ1) is 8.56. The second kappa shape index (κ2) is 5.03. The molecule has 2 atom stereocenters. The monoisotopic (exact) mass is 248 g/mol. The molecule has 1 aromatic heterocycles. The first-order valence-electron chi connectivity index (χ1n) is 5.88. The van der Waals surface area contributed by atoms with E-state index in [2.05, 4.69) is 15.6 Å². The average molecular weight is 248 g/mol. The van der Waals surface area contributed by atoms with Gasteiger partial charge in [-0.2, -0.15) is 0 Å². The van der Waals surface area contributed by atoms with Crippen molar-refractivity contribution in [2.24, 2.45) is 5.73 Å². The van der Waals surface area contributed by atoms with E-state index in [9.17, 15) is 9.59 Å². The number of primary amides is 1. The molecule has 2 unspecified atom stereocenters. The number of hydrogen-bond donors (Lipinski definition) is 3. The molecule has 1 fully saturated rings. The van der Waals surface area contributed by atoms with Crippen molar-refractivity contribution in [3.05, 3.63) is 24.0 Å². The molecule has 2 amide bonds. The minimum absolute atomic E-state index is 0.0523. The summed E-state index contributed by atoms with van der Waals surface area (Å²) < 4.78 is 0. The highest BCUT2D eigenvalue weighted by Gasteiger charge is 2.24. The van der Waals surface area contributed by atoms with Crippen LogP contribution in [0, 0.1) is 0 Å². The maximum Gasteiger partial charge on any atom is 0.267 e. The number of amides is 2. The zero-order valence-corrected chi connectivity index (χ0v) is 10.1. The summed E-state index contributed by atoms with van der Waals surface area (Å²) >= 11 is 0. The van der Waals surface area contributed by atoms with Crippen molar-refractivity contribution in [1.29, 1.82) is 0 Å².